The first-order chi connectivity index (χ1) is 5.66. The molecule has 0 amide bonds. The number of rotatable bonds is 1. The van der Waals surface area contributed by atoms with Crippen LogP contribution in [0.2, 0.25) is 0 Å². The fourth-order valence-electron chi connectivity index (χ4n) is 2.67. The van der Waals surface area contributed by atoms with Crippen molar-refractivity contribution < 1.29 is 5.11 Å². The number of fused-ring (bicyclic) bond motifs is 1. The second-order valence-electron chi connectivity index (χ2n) is 4.56. The van der Waals surface area contributed by atoms with E-state index in [0.717, 1.165) is 5.92 Å². The number of hydrogen-bond donors (Lipinski definition) is 1. The Labute approximate surface area is 73.8 Å². The maximum atomic E-state index is 8.70. The van der Waals surface area contributed by atoms with E-state index in [0.29, 0.717) is 11.3 Å². The molecule has 1 saturated carbocycles. The van der Waals surface area contributed by atoms with Crippen molar-refractivity contribution in [1.29, 1.82) is 0 Å². The third-order valence-corrected chi connectivity index (χ3v) is 3.78. The summed E-state index contributed by atoms with van der Waals surface area (Å²) in [6.45, 7) is 4.67. The summed E-state index contributed by atoms with van der Waals surface area (Å²) < 4.78 is 0. The first-order valence-electron chi connectivity index (χ1n) is 4.67. The van der Waals surface area contributed by atoms with Crippen LogP contribution in [-0.4, -0.2) is 5.11 Å². The van der Waals surface area contributed by atoms with Gasteiger partial charge in [0.25, 0.3) is 0 Å². The van der Waals surface area contributed by atoms with E-state index in [1.54, 1.807) is 0 Å². The lowest BCUT2D eigenvalue weighted by Gasteiger charge is -2.56. The Bertz CT molecular complexity index is 248. The van der Waals surface area contributed by atoms with Gasteiger partial charge < -0.3 is 5.11 Å². The van der Waals surface area contributed by atoms with E-state index < -0.39 is 0 Å². The van der Waals surface area contributed by atoms with Crippen LogP contribution in [0, 0.1) is 17.3 Å². The SMILES string of the molecule is CC1(C)C2CC=C(C=CO)C1C2. The normalized spacial score (nSPS) is 37.7. The molecule has 1 heteroatoms. The van der Waals surface area contributed by atoms with Crippen molar-refractivity contribution in [3.05, 3.63) is 24.0 Å². The van der Waals surface area contributed by atoms with Gasteiger partial charge in [-0.15, -0.1) is 0 Å². The number of aliphatic hydroxyl groups is 1. The minimum atomic E-state index is 0.476. The summed E-state index contributed by atoms with van der Waals surface area (Å²) >= 11 is 0. The monoisotopic (exact) mass is 164 g/mol. The highest BCUT2D eigenvalue weighted by atomic mass is 16.2. The zero-order valence-electron chi connectivity index (χ0n) is 7.75. The fourth-order valence-corrected chi connectivity index (χ4v) is 2.67. The molecule has 3 aliphatic rings. The molecule has 3 rings (SSSR count). The van der Waals surface area contributed by atoms with Gasteiger partial charge in [-0.05, 0) is 41.7 Å². The molecule has 1 N–H and O–H groups in total. The molecule has 0 aromatic heterocycles. The summed E-state index contributed by atoms with van der Waals surface area (Å²) in [7, 11) is 0. The van der Waals surface area contributed by atoms with Crippen LogP contribution in [0.15, 0.2) is 24.0 Å². The zero-order valence-corrected chi connectivity index (χ0v) is 7.75. The van der Waals surface area contributed by atoms with Gasteiger partial charge in [0.15, 0.2) is 0 Å². The highest BCUT2D eigenvalue weighted by Crippen LogP contribution is 2.59. The Morgan fingerprint density at radius 3 is 2.83 bits per heavy atom. The molecule has 0 aliphatic heterocycles. The maximum Gasteiger partial charge on any atom is 0.0794 e. The standard InChI is InChI=1S/C11H16O/c1-11(2)9-4-3-8(5-6-12)10(11)7-9/h3,5-6,9-10,12H,4,7H2,1-2H3. The van der Waals surface area contributed by atoms with E-state index in [9.17, 15) is 0 Å². The van der Waals surface area contributed by atoms with Crippen LogP contribution in [-0.2, 0) is 0 Å². The largest absolute Gasteiger partial charge is 0.516 e. The van der Waals surface area contributed by atoms with Gasteiger partial charge >= 0.3 is 0 Å². The molecule has 2 bridgehead atoms. The predicted molar refractivity (Wildman–Crippen MR) is 49.8 cm³/mol. The Hall–Kier alpha value is -0.720. The predicted octanol–water partition coefficient (Wildman–Crippen LogP) is 3.05. The van der Waals surface area contributed by atoms with Crippen molar-refractivity contribution >= 4 is 0 Å². The van der Waals surface area contributed by atoms with Crippen LogP contribution in [0.3, 0.4) is 0 Å². The molecular weight excluding hydrogens is 148 g/mol. The third-order valence-electron chi connectivity index (χ3n) is 3.78. The van der Waals surface area contributed by atoms with Gasteiger partial charge in [-0.1, -0.05) is 19.9 Å². The van der Waals surface area contributed by atoms with Crippen LogP contribution in [0.4, 0.5) is 0 Å². The first-order valence-corrected chi connectivity index (χ1v) is 4.67. The Balaban J connectivity index is 2.23. The first kappa shape index (κ1) is 7.90. The van der Waals surface area contributed by atoms with Gasteiger partial charge in [-0.3, -0.25) is 0 Å². The van der Waals surface area contributed by atoms with Crippen LogP contribution < -0.4 is 0 Å². The van der Waals surface area contributed by atoms with Gasteiger partial charge in [0, 0.05) is 0 Å². The molecule has 1 fully saturated rings. The van der Waals surface area contributed by atoms with Gasteiger partial charge in [-0.2, -0.15) is 0 Å². The lowest BCUT2D eigenvalue weighted by molar-refractivity contribution is -0.00341. The average Bonchev–Trinajstić information content (AvgIpc) is 2.05. The van der Waals surface area contributed by atoms with Crippen LogP contribution in [0.1, 0.15) is 26.7 Å². The van der Waals surface area contributed by atoms with Crippen molar-refractivity contribution in [2.45, 2.75) is 26.7 Å². The minimum absolute atomic E-state index is 0.476. The van der Waals surface area contributed by atoms with Crippen LogP contribution in [0.5, 0.6) is 0 Å². The number of allylic oxidation sites excluding steroid dienone is 3. The summed E-state index contributed by atoms with van der Waals surface area (Å²) in [6.07, 6.45) is 7.81. The van der Waals surface area contributed by atoms with E-state index in [2.05, 4.69) is 19.9 Å². The Morgan fingerprint density at radius 2 is 2.33 bits per heavy atom. The van der Waals surface area contributed by atoms with Crippen LogP contribution >= 0.6 is 0 Å². The highest BCUT2D eigenvalue weighted by Gasteiger charge is 2.50. The van der Waals surface area contributed by atoms with E-state index in [-0.39, 0.29) is 0 Å². The molecule has 2 unspecified atom stereocenters. The third kappa shape index (κ3) is 0.855. The summed E-state index contributed by atoms with van der Waals surface area (Å²) in [6, 6.07) is 0. The summed E-state index contributed by atoms with van der Waals surface area (Å²) in [4.78, 5) is 0. The van der Waals surface area contributed by atoms with Crippen molar-refractivity contribution in [2.75, 3.05) is 0 Å². The molecular formula is C11H16O. The van der Waals surface area contributed by atoms with E-state index >= 15 is 0 Å². The van der Waals surface area contributed by atoms with E-state index in [4.69, 9.17) is 5.11 Å². The van der Waals surface area contributed by atoms with E-state index in [1.165, 1.54) is 24.7 Å². The molecule has 0 aromatic rings. The van der Waals surface area contributed by atoms with Gasteiger partial charge in [0.1, 0.15) is 0 Å². The molecule has 0 aromatic carbocycles. The summed E-state index contributed by atoms with van der Waals surface area (Å²) in [5.74, 6) is 1.58. The molecule has 3 aliphatic carbocycles. The summed E-state index contributed by atoms with van der Waals surface area (Å²) in [5, 5.41) is 8.70. The molecule has 2 atom stereocenters. The van der Waals surface area contributed by atoms with Gasteiger partial charge in [-0.25, -0.2) is 0 Å². The second kappa shape index (κ2) is 2.38. The molecule has 0 radical (unpaired) electrons. The fraction of sp³-hybridized carbons (Fsp3) is 0.636. The zero-order chi connectivity index (χ0) is 8.77. The lowest BCUT2D eigenvalue weighted by Crippen LogP contribution is -2.47. The topological polar surface area (TPSA) is 20.2 Å². The number of hydrogen-bond acceptors (Lipinski definition) is 1. The molecule has 0 spiro atoms. The summed E-state index contributed by atoms with van der Waals surface area (Å²) in [5.41, 5.74) is 1.81. The molecule has 66 valence electrons. The van der Waals surface area contributed by atoms with Crippen molar-refractivity contribution in [2.24, 2.45) is 17.3 Å². The lowest BCUT2D eigenvalue weighted by atomic mass is 9.49. The van der Waals surface area contributed by atoms with E-state index in [1.807, 2.05) is 6.08 Å². The quantitative estimate of drug-likeness (QED) is 0.590. The minimum Gasteiger partial charge on any atom is -0.516 e. The second-order valence-corrected chi connectivity index (χ2v) is 4.56. The average molecular weight is 164 g/mol. The van der Waals surface area contributed by atoms with Gasteiger partial charge in [0.2, 0.25) is 0 Å². The van der Waals surface area contributed by atoms with Crippen molar-refractivity contribution in [3.63, 3.8) is 0 Å². The smallest absolute Gasteiger partial charge is 0.0794 e. The molecule has 0 heterocycles. The Morgan fingerprint density at radius 1 is 1.58 bits per heavy atom. The van der Waals surface area contributed by atoms with Crippen molar-refractivity contribution in [3.8, 4) is 0 Å². The molecule has 12 heavy (non-hydrogen) atoms. The maximum absolute atomic E-state index is 8.70. The van der Waals surface area contributed by atoms with Crippen LogP contribution in [0.25, 0.3) is 0 Å². The molecule has 1 nitrogen and oxygen atoms in total. The van der Waals surface area contributed by atoms with Gasteiger partial charge in [0.05, 0.1) is 6.26 Å². The highest BCUT2D eigenvalue weighted by molar-refractivity contribution is 5.31. The Kier molecular flexibility index (Phi) is 1.57. The van der Waals surface area contributed by atoms with Crippen molar-refractivity contribution in [1.82, 2.24) is 0 Å². The number of aliphatic hydroxyl groups excluding tert-OH is 1. The molecule has 0 saturated heterocycles.